The highest BCUT2D eigenvalue weighted by atomic mass is 19.1. The molecule has 6 heteroatoms. The van der Waals surface area contributed by atoms with Crippen LogP contribution in [0.2, 0.25) is 0 Å². The molecular formula is C12H16FN3O2. The number of nitrogens with zero attached hydrogens (tertiary/aromatic N) is 1. The normalized spacial score (nSPS) is 12.3. The molecular weight excluding hydrogens is 237 g/mol. The molecule has 0 saturated heterocycles. The smallest absolute Gasteiger partial charge is 0.237 e. The summed E-state index contributed by atoms with van der Waals surface area (Å²) in [6, 6.07) is 4.18. The zero-order chi connectivity index (χ0) is 13.9. The first-order valence-electron chi connectivity index (χ1n) is 5.34. The summed E-state index contributed by atoms with van der Waals surface area (Å²) in [6.07, 6.45) is 0. The largest absolute Gasteiger partial charge is 0.409 e. The fourth-order valence-electron chi connectivity index (χ4n) is 1.34. The molecule has 0 aliphatic carbocycles. The van der Waals surface area contributed by atoms with Crippen LogP contribution in [0.3, 0.4) is 0 Å². The van der Waals surface area contributed by atoms with Crippen molar-refractivity contribution < 1.29 is 14.4 Å². The van der Waals surface area contributed by atoms with E-state index in [1.54, 1.807) is 13.0 Å². The molecule has 0 bridgehead atoms. The van der Waals surface area contributed by atoms with Crippen LogP contribution in [-0.2, 0) is 4.79 Å². The highest BCUT2D eigenvalue weighted by molar-refractivity contribution is 6.11. The van der Waals surface area contributed by atoms with Gasteiger partial charge >= 0.3 is 0 Å². The van der Waals surface area contributed by atoms with E-state index in [2.05, 4.69) is 10.5 Å². The molecule has 18 heavy (non-hydrogen) atoms. The van der Waals surface area contributed by atoms with E-state index in [-0.39, 0.29) is 5.84 Å². The number of carbonyl (C=O) groups excluding carboxylic acids is 1. The Labute approximate surface area is 104 Å². The van der Waals surface area contributed by atoms with Gasteiger partial charge in [-0.1, -0.05) is 5.16 Å². The van der Waals surface area contributed by atoms with Crippen LogP contribution in [0.1, 0.15) is 19.4 Å². The van der Waals surface area contributed by atoms with E-state index in [9.17, 15) is 9.18 Å². The minimum absolute atomic E-state index is 0.215. The summed E-state index contributed by atoms with van der Waals surface area (Å²) in [5.41, 5.74) is 5.26. The molecule has 0 unspecified atom stereocenters. The molecule has 0 aliphatic heterocycles. The third-order valence-corrected chi connectivity index (χ3v) is 2.62. The quantitative estimate of drug-likeness (QED) is 0.332. The Kier molecular flexibility index (Phi) is 3.90. The average Bonchev–Trinajstić information content (AvgIpc) is 2.26. The van der Waals surface area contributed by atoms with Crippen LogP contribution in [0.15, 0.2) is 23.4 Å². The highest BCUT2D eigenvalue weighted by Crippen LogP contribution is 2.20. The first kappa shape index (κ1) is 14.0. The van der Waals surface area contributed by atoms with Crippen molar-refractivity contribution in [3.8, 4) is 0 Å². The fourth-order valence-corrected chi connectivity index (χ4v) is 1.34. The van der Waals surface area contributed by atoms with Crippen LogP contribution in [0, 0.1) is 18.2 Å². The number of hydrogen-bond acceptors (Lipinski definition) is 3. The number of amidine groups is 1. The van der Waals surface area contributed by atoms with Crippen molar-refractivity contribution in [2.24, 2.45) is 16.3 Å². The summed E-state index contributed by atoms with van der Waals surface area (Å²) >= 11 is 0. The molecule has 98 valence electrons. The predicted molar refractivity (Wildman–Crippen MR) is 67.0 cm³/mol. The number of aryl methyl sites for hydroxylation is 1. The second-order valence-corrected chi connectivity index (χ2v) is 4.58. The number of nitrogens with one attached hydrogen (secondary N) is 1. The minimum atomic E-state index is -1.19. The van der Waals surface area contributed by atoms with Gasteiger partial charge in [0.1, 0.15) is 11.2 Å². The summed E-state index contributed by atoms with van der Waals surface area (Å²) in [7, 11) is 0. The zero-order valence-corrected chi connectivity index (χ0v) is 10.5. The number of nitrogens with two attached hydrogens (primary N) is 1. The molecule has 0 heterocycles. The molecule has 1 aromatic rings. The topological polar surface area (TPSA) is 87.7 Å². The Morgan fingerprint density at radius 2 is 2.06 bits per heavy atom. The number of anilines is 1. The molecule has 0 atom stereocenters. The minimum Gasteiger partial charge on any atom is -0.409 e. The Hall–Kier alpha value is -2.11. The highest BCUT2D eigenvalue weighted by Gasteiger charge is 2.32. The van der Waals surface area contributed by atoms with Gasteiger partial charge in [0.2, 0.25) is 5.91 Å². The van der Waals surface area contributed by atoms with Crippen molar-refractivity contribution in [1.82, 2.24) is 0 Å². The summed E-state index contributed by atoms with van der Waals surface area (Å²) in [6.45, 7) is 4.72. The van der Waals surface area contributed by atoms with Gasteiger partial charge < -0.3 is 16.3 Å². The molecule has 0 spiro atoms. The van der Waals surface area contributed by atoms with Gasteiger partial charge in [-0.15, -0.1) is 0 Å². The Bertz CT molecular complexity index is 478. The lowest BCUT2D eigenvalue weighted by atomic mass is 9.91. The number of carbonyl (C=O) groups is 1. The average molecular weight is 253 g/mol. The molecule has 1 aromatic carbocycles. The van der Waals surface area contributed by atoms with E-state index in [0.29, 0.717) is 11.3 Å². The monoisotopic (exact) mass is 253 g/mol. The van der Waals surface area contributed by atoms with Gasteiger partial charge in [-0.3, -0.25) is 4.79 Å². The van der Waals surface area contributed by atoms with Crippen LogP contribution < -0.4 is 11.1 Å². The van der Waals surface area contributed by atoms with Crippen molar-refractivity contribution in [3.05, 3.63) is 29.6 Å². The van der Waals surface area contributed by atoms with E-state index in [1.165, 1.54) is 26.0 Å². The maximum absolute atomic E-state index is 13.2. The van der Waals surface area contributed by atoms with E-state index < -0.39 is 17.1 Å². The summed E-state index contributed by atoms with van der Waals surface area (Å²) in [5.74, 6) is -1.14. The summed E-state index contributed by atoms with van der Waals surface area (Å²) < 4.78 is 13.2. The molecule has 0 aromatic heterocycles. The zero-order valence-electron chi connectivity index (χ0n) is 10.5. The molecule has 1 rings (SSSR count). The van der Waals surface area contributed by atoms with E-state index in [0.717, 1.165) is 0 Å². The van der Waals surface area contributed by atoms with E-state index in [1.807, 2.05) is 0 Å². The van der Waals surface area contributed by atoms with Gasteiger partial charge in [0.05, 0.1) is 0 Å². The number of oxime groups is 1. The maximum atomic E-state index is 13.2. The second-order valence-electron chi connectivity index (χ2n) is 4.58. The lowest BCUT2D eigenvalue weighted by Crippen LogP contribution is -2.42. The first-order chi connectivity index (χ1) is 8.27. The molecule has 0 aliphatic rings. The Morgan fingerprint density at radius 3 is 2.56 bits per heavy atom. The van der Waals surface area contributed by atoms with Crippen LogP contribution in [0.25, 0.3) is 0 Å². The molecule has 0 radical (unpaired) electrons. The predicted octanol–water partition coefficient (Wildman–Crippen LogP) is 1.85. The van der Waals surface area contributed by atoms with Gasteiger partial charge in [-0.25, -0.2) is 4.39 Å². The third kappa shape index (κ3) is 2.97. The molecule has 5 nitrogen and oxygen atoms in total. The van der Waals surface area contributed by atoms with Gasteiger partial charge in [-0.2, -0.15) is 0 Å². The molecule has 0 fully saturated rings. The van der Waals surface area contributed by atoms with E-state index >= 15 is 0 Å². The van der Waals surface area contributed by atoms with Crippen LogP contribution in [-0.4, -0.2) is 17.0 Å². The number of amides is 1. The van der Waals surface area contributed by atoms with Crippen LogP contribution >= 0.6 is 0 Å². The Balaban J connectivity index is 2.94. The lowest BCUT2D eigenvalue weighted by Gasteiger charge is -2.21. The van der Waals surface area contributed by atoms with Crippen LogP contribution in [0.4, 0.5) is 10.1 Å². The third-order valence-electron chi connectivity index (χ3n) is 2.62. The van der Waals surface area contributed by atoms with Gasteiger partial charge in [0, 0.05) is 5.69 Å². The number of rotatable bonds is 3. The molecule has 0 saturated carbocycles. The maximum Gasteiger partial charge on any atom is 0.237 e. The number of halogens is 1. The van der Waals surface area contributed by atoms with Crippen molar-refractivity contribution in [3.63, 3.8) is 0 Å². The number of hydrogen-bond donors (Lipinski definition) is 3. The summed E-state index contributed by atoms with van der Waals surface area (Å²) in [5, 5.41) is 13.9. The van der Waals surface area contributed by atoms with Gasteiger partial charge in [0.25, 0.3) is 0 Å². The van der Waals surface area contributed by atoms with Gasteiger partial charge in [0.15, 0.2) is 5.84 Å². The van der Waals surface area contributed by atoms with Crippen molar-refractivity contribution >= 4 is 17.4 Å². The van der Waals surface area contributed by atoms with E-state index in [4.69, 9.17) is 10.9 Å². The van der Waals surface area contributed by atoms with Crippen molar-refractivity contribution in [2.75, 3.05) is 5.32 Å². The van der Waals surface area contributed by atoms with Gasteiger partial charge in [-0.05, 0) is 44.5 Å². The standard InChI is InChI=1S/C12H16FN3O2/c1-7-4-8(13)6-9(5-7)15-11(17)12(2,3)10(14)16-18/h4-6,18H,1-3H3,(H2,14,16)(H,15,17). The molecule has 1 amide bonds. The SMILES string of the molecule is Cc1cc(F)cc(NC(=O)C(C)(C)C(N)=NO)c1. The molecule has 4 N–H and O–H groups in total. The lowest BCUT2D eigenvalue weighted by molar-refractivity contribution is -0.121. The van der Waals surface area contributed by atoms with Crippen molar-refractivity contribution in [1.29, 1.82) is 0 Å². The summed E-state index contributed by atoms with van der Waals surface area (Å²) in [4.78, 5) is 12.0. The first-order valence-corrected chi connectivity index (χ1v) is 5.34. The van der Waals surface area contributed by atoms with Crippen molar-refractivity contribution in [2.45, 2.75) is 20.8 Å². The fraction of sp³-hybridized carbons (Fsp3) is 0.333. The van der Waals surface area contributed by atoms with Crippen LogP contribution in [0.5, 0.6) is 0 Å². The second kappa shape index (κ2) is 5.03. The number of benzene rings is 1. The Morgan fingerprint density at radius 1 is 1.44 bits per heavy atom.